The molecule has 5 nitrogen and oxygen atoms in total. The van der Waals surface area contributed by atoms with E-state index < -0.39 is 0 Å². The van der Waals surface area contributed by atoms with Crippen molar-refractivity contribution in [2.24, 2.45) is 4.99 Å². The molecular weight excluding hydrogens is 336 g/mol. The molecule has 1 aromatic rings. The minimum absolute atomic E-state index is 0.125. The van der Waals surface area contributed by atoms with Gasteiger partial charge < -0.3 is 15.1 Å². The number of benzene rings is 1. The fourth-order valence-electron chi connectivity index (χ4n) is 3.01. The Morgan fingerprint density at radius 2 is 2.04 bits per heavy atom. The standard InChI is InChI=1S/C19H29ClN4O/c1-5-21-19(23(4)13-18(25)24(6-2)7-3)22-17-12-16(17)14-9-8-10-15(20)11-14/h8-11,16-17H,5-7,12-13H2,1-4H3,(H,21,22). The molecule has 138 valence electrons. The van der Waals surface area contributed by atoms with Crippen molar-refractivity contribution >= 4 is 23.5 Å². The lowest BCUT2D eigenvalue weighted by molar-refractivity contribution is -0.131. The summed E-state index contributed by atoms with van der Waals surface area (Å²) < 4.78 is 0. The molecule has 1 aliphatic rings. The molecule has 0 spiro atoms. The second-order valence-corrected chi connectivity index (χ2v) is 6.80. The van der Waals surface area contributed by atoms with Gasteiger partial charge in [0.2, 0.25) is 5.91 Å². The van der Waals surface area contributed by atoms with Gasteiger partial charge in [0, 0.05) is 43.7 Å². The van der Waals surface area contributed by atoms with Gasteiger partial charge >= 0.3 is 0 Å². The number of guanidine groups is 1. The zero-order chi connectivity index (χ0) is 18.4. The summed E-state index contributed by atoms with van der Waals surface area (Å²) in [5, 5.41) is 4.27. The van der Waals surface area contributed by atoms with Gasteiger partial charge in [-0.1, -0.05) is 23.7 Å². The summed E-state index contributed by atoms with van der Waals surface area (Å²) in [6, 6.07) is 8.37. The lowest BCUT2D eigenvalue weighted by atomic mass is 10.1. The van der Waals surface area contributed by atoms with Crippen molar-refractivity contribution in [3.63, 3.8) is 0 Å². The predicted molar refractivity (Wildman–Crippen MR) is 104 cm³/mol. The van der Waals surface area contributed by atoms with Gasteiger partial charge in [-0.05, 0) is 44.9 Å². The molecule has 1 saturated carbocycles. The van der Waals surface area contributed by atoms with Crippen molar-refractivity contribution < 1.29 is 4.79 Å². The number of hydrogen-bond acceptors (Lipinski definition) is 2. The number of aliphatic imine (C=N–C) groups is 1. The number of carbonyl (C=O) groups is 1. The monoisotopic (exact) mass is 364 g/mol. The summed E-state index contributed by atoms with van der Waals surface area (Å²) in [7, 11) is 1.92. The van der Waals surface area contributed by atoms with Gasteiger partial charge in [0.15, 0.2) is 5.96 Å². The van der Waals surface area contributed by atoms with E-state index in [-0.39, 0.29) is 5.91 Å². The second kappa shape index (κ2) is 9.09. The van der Waals surface area contributed by atoms with Gasteiger partial charge in [-0.2, -0.15) is 0 Å². The number of halogens is 1. The van der Waals surface area contributed by atoms with Gasteiger partial charge in [0.25, 0.3) is 0 Å². The third-order valence-electron chi connectivity index (χ3n) is 4.54. The van der Waals surface area contributed by atoms with Crippen molar-refractivity contribution in [2.45, 2.75) is 39.2 Å². The first-order valence-electron chi connectivity index (χ1n) is 9.05. The average molecular weight is 365 g/mol. The predicted octanol–water partition coefficient (Wildman–Crippen LogP) is 2.96. The fraction of sp³-hybridized carbons (Fsp3) is 0.579. The van der Waals surface area contributed by atoms with Gasteiger partial charge in [0.1, 0.15) is 0 Å². The van der Waals surface area contributed by atoms with E-state index in [0.29, 0.717) is 25.0 Å². The number of hydrogen-bond donors (Lipinski definition) is 1. The average Bonchev–Trinajstić information content (AvgIpc) is 3.35. The van der Waals surface area contributed by atoms with E-state index in [1.54, 1.807) is 0 Å². The Bertz CT molecular complexity index is 615. The van der Waals surface area contributed by atoms with Crippen molar-refractivity contribution in [1.29, 1.82) is 0 Å². The maximum absolute atomic E-state index is 12.3. The molecule has 1 aromatic carbocycles. The van der Waals surface area contributed by atoms with Crippen LogP contribution in [0.15, 0.2) is 29.3 Å². The fourth-order valence-corrected chi connectivity index (χ4v) is 3.21. The molecule has 0 aliphatic heterocycles. The van der Waals surface area contributed by atoms with Crippen LogP contribution in [0.25, 0.3) is 0 Å². The van der Waals surface area contributed by atoms with Crippen LogP contribution in [0.3, 0.4) is 0 Å². The van der Waals surface area contributed by atoms with Crippen LogP contribution in [0.1, 0.15) is 38.7 Å². The quantitative estimate of drug-likeness (QED) is 0.597. The minimum Gasteiger partial charge on any atom is -0.353 e. The van der Waals surface area contributed by atoms with Gasteiger partial charge in [-0.25, -0.2) is 0 Å². The Balaban J connectivity index is 1.95. The van der Waals surface area contributed by atoms with E-state index in [1.807, 2.05) is 55.8 Å². The summed E-state index contributed by atoms with van der Waals surface area (Å²) in [4.78, 5) is 20.6. The summed E-state index contributed by atoms with van der Waals surface area (Å²) in [6.45, 7) is 8.49. The van der Waals surface area contributed by atoms with E-state index in [4.69, 9.17) is 11.6 Å². The maximum Gasteiger partial charge on any atom is 0.242 e. The molecule has 1 aliphatic carbocycles. The van der Waals surface area contributed by atoms with Crippen LogP contribution < -0.4 is 5.32 Å². The smallest absolute Gasteiger partial charge is 0.242 e. The number of likely N-dealkylation sites (N-methyl/N-ethyl adjacent to an activating group) is 2. The van der Waals surface area contributed by atoms with Gasteiger partial charge in [-0.15, -0.1) is 0 Å². The van der Waals surface area contributed by atoms with Crippen molar-refractivity contribution in [3.8, 4) is 0 Å². The molecule has 25 heavy (non-hydrogen) atoms. The zero-order valence-electron chi connectivity index (χ0n) is 15.6. The zero-order valence-corrected chi connectivity index (χ0v) is 16.4. The highest BCUT2D eigenvalue weighted by molar-refractivity contribution is 6.30. The third-order valence-corrected chi connectivity index (χ3v) is 4.77. The van der Waals surface area contributed by atoms with Crippen molar-refractivity contribution in [2.75, 3.05) is 33.2 Å². The lowest BCUT2D eigenvalue weighted by Gasteiger charge is -2.26. The maximum atomic E-state index is 12.3. The van der Waals surface area contributed by atoms with E-state index in [1.165, 1.54) is 5.56 Å². The first-order valence-corrected chi connectivity index (χ1v) is 9.43. The van der Waals surface area contributed by atoms with Crippen LogP contribution in [0, 0.1) is 0 Å². The molecule has 2 atom stereocenters. The first-order chi connectivity index (χ1) is 12.0. The Hall–Kier alpha value is -1.75. The molecule has 6 heteroatoms. The molecule has 0 bridgehead atoms. The molecule has 1 N–H and O–H groups in total. The number of nitrogens with zero attached hydrogens (tertiary/aromatic N) is 3. The Morgan fingerprint density at radius 1 is 1.32 bits per heavy atom. The molecule has 1 amide bonds. The number of amides is 1. The second-order valence-electron chi connectivity index (χ2n) is 6.37. The highest BCUT2D eigenvalue weighted by Gasteiger charge is 2.39. The minimum atomic E-state index is 0.125. The molecule has 2 unspecified atom stereocenters. The summed E-state index contributed by atoms with van der Waals surface area (Å²) in [5.74, 6) is 1.37. The molecule has 2 rings (SSSR count). The van der Waals surface area contributed by atoms with Gasteiger partial charge in [0.05, 0.1) is 6.54 Å². The largest absolute Gasteiger partial charge is 0.353 e. The third kappa shape index (κ3) is 5.36. The highest BCUT2D eigenvalue weighted by atomic mass is 35.5. The number of carbonyl (C=O) groups excluding carboxylic acids is 1. The normalized spacial score (nSPS) is 19.5. The molecule has 0 saturated heterocycles. The Morgan fingerprint density at radius 3 is 2.64 bits per heavy atom. The number of nitrogens with one attached hydrogen (secondary N) is 1. The van der Waals surface area contributed by atoms with Crippen LogP contribution in [-0.4, -0.2) is 60.9 Å². The summed E-state index contributed by atoms with van der Waals surface area (Å²) in [5.41, 5.74) is 1.25. The van der Waals surface area contributed by atoms with Crippen LogP contribution in [0.4, 0.5) is 0 Å². The van der Waals surface area contributed by atoms with Crippen LogP contribution in [0.2, 0.25) is 5.02 Å². The lowest BCUT2D eigenvalue weighted by Crippen LogP contribution is -2.46. The SMILES string of the molecule is CCN=C(NC1CC1c1cccc(Cl)c1)N(C)CC(=O)N(CC)CC. The van der Waals surface area contributed by atoms with Crippen LogP contribution in [0.5, 0.6) is 0 Å². The number of rotatable bonds is 7. The van der Waals surface area contributed by atoms with E-state index in [2.05, 4.69) is 16.4 Å². The Labute approximate surface area is 156 Å². The van der Waals surface area contributed by atoms with Crippen LogP contribution in [-0.2, 0) is 4.79 Å². The van der Waals surface area contributed by atoms with Crippen molar-refractivity contribution in [1.82, 2.24) is 15.1 Å². The first kappa shape index (κ1) is 19.6. The summed E-state index contributed by atoms with van der Waals surface area (Å²) in [6.07, 6.45) is 1.06. The molecular formula is C19H29ClN4O. The highest BCUT2D eigenvalue weighted by Crippen LogP contribution is 2.41. The van der Waals surface area contributed by atoms with Gasteiger partial charge in [-0.3, -0.25) is 9.79 Å². The van der Waals surface area contributed by atoms with E-state index in [9.17, 15) is 4.79 Å². The molecule has 0 aromatic heterocycles. The molecule has 0 heterocycles. The summed E-state index contributed by atoms with van der Waals surface area (Å²) >= 11 is 6.09. The van der Waals surface area contributed by atoms with E-state index >= 15 is 0 Å². The molecule has 0 radical (unpaired) electrons. The topological polar surface area (TPSA) is 47.9 Å². The van der Waals surface area contributed by atoms with E-state index in [0.717, 1.165) is 30.5 Å². The van der Waals surface area contributed by atoms with Crippen LogP contribution >= 0.6 is 11.6 Å². The molecule has 1 fully saturated rings. The Kier molecular flexibility index (Phi) is 7.12. The van der Waals surface area contributed by atoms with Crippen molar-refractivity contribution in [3.05, 3.63) is 34.9 Å².